The number of nitrogens with zero attached hydrogens (tertiary/aromatic N) is 1. The van der Waals surface area contributed by atoms with Crippen molar-refractivity contribution in [1.82, 2.24) is 4.90 Å². The standard InChI is InChI=1S/C21H24N2O3/c1-26-19-9-5-6-16(14-19)15-20(24)23-12-10-17(11-13-23)21(25)22-18-7-3-2-4-8-18/h2-9,14,17H,10-13,15H2,1H3,(H,22,25). The second kappa shape index (κ2) is 8.52. The lowest BCUT2D eigenvalue weighted by Crippen LogP contribution is -2.42. The highest BCUT2D eigenvalue weighted by molar-refractivity contribution is 5.92. The molecule has 1 N–H and O–H groups in total. The van der Waals surface area contributed by atoms with E-state index in [9.17, 15) is 9.59 Å². The van der Waals surface area contributed by atoms with E-state index in [0.717, 1.165) is 17.0 Å². The molecule has 1 saturated heterocycles. The summed E-state index contributed by atoms with van der Waals surface area (Å²) in [5.41, 5.74) is 1.76. The lowest BCUT2D eigenvalue weighted by molar-refractivity contribution is -0.133. The Morgan fingerprint density at radius 1 is 1.08 bits per heavy atom. The number of rotatable bonds is 5. The minimum Gasteiger partial charge on any atom is -0.497 e. The Balaban J connectivity index is 1.49. The van der Waals surface area contributed by atoms with Gasteiger partial charge in [0.1, 0.15) is 5.75 Å². The zero-order valence-corrected chi connectivity index (χ0v) is 15.0. The number of hydrogen-bond donors (Lipinski definition) is 1. The van der Waals surface area contributed by atoms with E-state index >= 15 is 0 Å². The minimum absolute atomic E-state index is 0.0381. The first-order valence-corrected chi connectivity index (χ1v) is 8.92. The molecule has 0 spiro atoms. The van der Waals surface area contributed by atoms with Crippen LogP contribution in [-0.2, 0) is 16.0 Å². The molecule has 1 fully saturated rings. The quantitative estimate of drug-likeness (QED) is 0.899. The Kier molecular flexibility index (Phi) is 5.89. The molecule has 0 unspecified atom stereocenters. The van der Waals surface area contributed by atoms with Crippen LogP contribution in [0.25, 0.3) is 0 Å². The molecular formula is C21H24N2O3. The Morgan fingerprint density at radius 3 is 2.50 bits per heavy atom. The van der Waals surface area contributed by atoms with Crippen LogP contribution >= 0.6 is 0 Å². The number of carbonyl (C=O) groups excluding carboxylic acids is 2. The van der Waals surface area contributed by atoms with Gasteiger partial charge in [0.25, 0.3) is 0 Å². The van der Waals surface area contributed by atoms with E-state index < -0.39 is 0 Å². The molecule has 5 nitrogen and oxygen atoms in total. The fraction of sp³-hybridized carbons (Fsp3) is 0.333. The Labute approximate surface area is 154 Å². The smallest absolute Gasteiger partial charge is 0.227 e. The predicted octanol–water partition coefficient (Wildman–Crippen LogP) is 3.12. The number of piperidine rings is 1. The Morgan fingerprint density at radius 2 is 1.81 bits per heavy atom. The fourth-order valence-corrected chi connectivity index (χ4v) is 3.23. The molecule has 3 rings (SSSR count). The fourth-order valence-electron chi connectivity index (χ4n) is 3.23. The number of methoxy groups -OCH3 is 1. The first kappa shape index (κ1) is 18.0. The number of benzene rings is 2. The van der Waals surface area contributed by atoms with Gasteiger partial charge in [0, 0.05) is 24.7 Å². The number of nitrogens with one attached hydrogen (secondary N) is 1. The molecule has 1 aliphatic rings. The van der Waals surface area contributed by atoms with Crippen molar-refractivity contribution < 1.29 is 14.3 Å². The second-order valence-electron chi connectivity index (χ2n) is 6.54. The van der Waals surface area contributed by atoms with Crippen molar-refractivity contribution in [1.29, 1.82) is 0 Å². The molecule has 1 heterocycles. The van der Waals surface area contributed by atoms with Crippen molar-refractivity contribution in [2.75, 3.05) is 25.5 Å². The van der Waals surface area contributed by atoms with Gasteiger partial charge in [-0.15, -0.1) is 0 Å². The van der Waals surface area contributed by atoms with Gasteiger partial charge in [-0.2, -0.15) is 0 Å². The van der Waals surface area contributed by atoms with Crippen LogP contribution in [0.3, 0.4) is 0 Å². The number of hydrogen-bond acceptors (Lipinski definition) is 3. The van der Waals surface area contributed by atoms with Crippen molar-refractivity contribution in [2.24, 2.45) is 5.92 Å². The first-order valence-electron chi connectivity index (χ1n) is 8.92. The summed E-state index contributed by atoms with van der Waals surface area (Å²) >= 11 is 0. The molecule has 5 heteroatoms. The molecule has 136 valence electrons. The molecule has 2 aromatic carbocycles. The van der Waals surface area contributed by atoms with Gasteiger partial charge in [0.15, 0.2) is 0 Å². The number of anilines is 1. The first-order chi connectivity index (χ1) is 12.7. The molecule has 0 atom stereocenters. The van der Waals surface area contributed by atoms with E-state index in [1.165, 1.54) is 0 Å². The lowest BCUT2D eigenvalue weighted by atomic mass is 9.95. The molecule has 1 aliphatic heterocycles. The van der Waals surface area contributed by atoms with Gasteiger partial charge in [-0.25, -0.2) is 0 Å². The Bertz CT molecular complexity index is 753. The third kappa shape index (κ3) is 4.63. The van der Waals surface area contributed by atoms with Crippen molar-refractivity contribution in [3.8, 4) is 5.75 Å². The van der Waals surface area contributed by atoms with Crippen LogP contribution in [-0.4, -0.2) is 36.9 Å². The van der Waals surface area contributed by atoms with Gasteiger partial charge in [0.05, 0.1) is 13.5 Å². The monoisotopic (exact) mass is 352 g/mol. The maximum absolute atomic E-state index is 12.5. The van der Waals surface area contributed by atoms with Crippen LogP contribution in [0.15, 0.2) is 54.6 Å². The van der Waals surface area contributed by atoms with E-state index in [1.54, 1.807) is 7.11 Å². The summed E-state index contributed by atoms with van der Waals surface area (Å²) in [7, 11) is 1.62. The van der Waals surface area contributed by atoms with E-state index in [0.29, 0.717) is 32.4 Å². The lowest BCUT2D eigenvalue weighted by Gasteiger charge is -2.31. The third-order valence-electron chi connectivity index (χ3n) is 4.75. The summed E-state index contributed by atoms with van der Waals surface area (Å²) in [4.78, 5) is 26.7. The highest BCUT2D eigenvalue weighted by atomic mass is 16.5. The van der Waals surface area contributed by atoms with E-state index in [4.69, 9.17) is 4.74 Å². The van der Waals surface area contributed by atoms with Gasteiger partial charge >= 0.3 is 0 Å². The average Bonchev–Trinajstić information content (AvgIpc) is 2.69. The van der Waals surface area contributed by atoms with Crippen molar-refractivity contribution >= 4 is 17.5 Å². The molecule has 0 saturated carbocycles. The van der Waals surface area contributed by atoms with E-state index in [-0.39, 0.29) is 17.7 Å². The van der Waals surface area contributed by atoms with E-state index in [2.05, 4.69) is 5.32 Å². The molecule has 0 radical (unpaired) electrons. The van der Waals surface area contributed by atoms with Gasteiger partial charge in [0.2, 0.25) is 11.8 Å². The summed E-state index contributed by atoms with van der Waals surface area (Å²) in [5.74, 6) is 0.846. The van der Waals surface area contributed by atoms with Crippen molar-refractivity contribution in [3.63, 3.8) is 0 Å². The maximum Gasteiger partial charge on any atom is 0.227 e. The number of para-hydroxylation sites is 1. The highest BCUT2D eigenvalue weighted by Crippen LogP contribution is 2.21. The molecule has 0 bridgehead atoms. The van der Waals surface area contributed by atoms with Crippen LogP contribution in [0, 0.1) is 5.92 Å². The van der Waals surface area contributed by atoms with Crippen LogP contribution in [0.1, 0.15) is 18.4 Å². The van der Waals surface area contributed by atoms with Crippen LogP contribution in [0.2, 0.25) is 0 Å². The minimum atomic E-state index is -0.0453. The van der Waals surface area contributed by atoms with Gasteiger partial charge in [-0.1, -0.05) is 30.3 Å². The van der Waals surface area contributed by atoms with Gasteiger partial charge in [-0.3, -0.25) is 9.59 Å². The van der Waals surface area contributed by atoms with Gasteiger partial charge < -0.3 is 15.0 Å². The molecule has 26 heavy (non-hydrogen) atoms. The third-order valence-corrected chi connectivity index (χ3v) is 4.75. The molecular weight excluding hydrogens is 328 g/mol. The summed E-state index contributed by atoms with van der Waals surface area (Å²) in [6, 6.07) is 17.0. The topological polar surface area (TPSA) is 58.6 Å². The van der Waals surface area contributed by atoms with Crippen molar-refractivity contribution in [3.05, 3.63) is 60.2 Å². The normalized spacial score (nSPS) is 14.7. The van der Waals surface area contributed by atoms with Gasteiger partial charge in [-0.05, 0) is 42.7 Å². The van der Waals surface area contributed by atoms with Crippen LogP contribution < -0.4 is 10.1 Å². The number of ether oxygens (including phenoxy) is 1. The molecule has 0 aliphatic carbocycles. The zero-order valence-electron chi connectivity index (χ0n) is 15.0. The maximum atomic E-state index is 12.5. The highest BCUT2D eigenvalue weighted by Gasteiger charge is 2.27. The SMILES string of the molecule is COc1cccc(CC(=O)N2CCC(C(=O)Nc3ccccc3)CC2)c1. The number of carbonyl (C=O) groups is 2. The summed E-state index contributed by atoms with van der Waals surface area (Å²) in [6.45, 7) is 1.24. The average molecular weight is 352 g/mol. The van der Waals surface area contributed by atoms with E-state index in [1.807, 2.05) is 59.5 Å². The second-order valence-corrected chi connectivity index (χ2v) is 6.54. The zero-order chi connectivity index (χ0) is 18.4. The van der Waals surface area contributed by atoms with Crippen LogP contribution in [0.5, 0.6) is 5.75 Å². The summed E-state index contributed by atoms with van der Waals surface area (Å²) in [6.07, 6.45) is 1.75. The predicted molar refractivity (Wildman–Crippen MR) is 101 cm³/mol. The molecule has 0 aromatic heterocycles. The van der Waals surface area contributed by atoms with Crippen LogP contribution in [0.4, 0.5) is 5.69 Å². The largest absolute Gasteiger partial charge is 0.497 e. The molecule has 2 aromatic rings. The Hall–Kier alpha value is -2.82. The summed E-state index contributed by atoms with van der Waals surface area (Å²) in [5, 5.41) is 2.95. The molecule has 2 amide bonds. The van der Waals surface area contributed by atoms with Crippen molar-refractivity contribution in [2.45, 2.75) is 19.3 Å². The number of likely N-dealkylation sites (tertiary alicyclic amines) is 1. The number of amides is 2. The summed E-state index contributed by atoms with van der Waals surface area (Å²) < 4.78 is 5.20.